The Labute approximate surface area is 163 Å². The fourth-order valence-corrected chi connectivity index (χ4v) is 2.56. The average Bonchev–Trinajstić information content (AvgIpc) is 2.68. The van der Waals surface area contributed by atoms with Crippen molar-refractivity contribution in [3.63, 3.8) is 0 Å². The Hall–Kier alpha value is -3.22. The maximum Gasteiger partial charge on any atom is 0.338 e. The van der Waals surface area contributed by atoms with Gasteiger partial charge in [0.2, 0.25) is 11.8 Å². The Morgan fingerprint density at radius 1 is 1.04 bits per heavy atom. The van der Waals surface area contributed by atoms with E-state index in [1.807, 2.05) is 0 Å². The Morgan fingerprint density at radius 3 is 2.25 bits per heavy atom. The molecule has 0 saturated heterocycles. The van der Waals surface area contributed by atoms with Crippen LogP contribution >= 0.6 is 0 Å². The van der Waals surface area contributed by atoms with E-state index in [-0.39, 0.29) is 43.7 Å². The maximum atomic E-state index is 12.9. The normalized spacial score (nSPS) is 10.2. The maximum absolute atomic E-state index is 12.9. The number of anilines is 1. The molecule has 28 heavy (non-hydrogen) atoms. The van der Waals surface area contributed by atoms with Crippen molar-refractivity contribution < 1.29 is 23.5 Å². The molecule has 0 spiro atoms. The highest BCUT2D eigenvalue weighted by Crippen LogP contribution is 2.17. The van der Waals surface area contributed by atoms with Crippen LogP contribution in [0.2, 0.25) is 0 Å². The molecule has 7 heteroatoms. The molecule has 2 aromatic rings. The second kappa shape index (κ2) is 10.2. The number of rotatable bonds is 8. The van der Waals surface area contributed by atoms with Gasteiger partial charge in [-0.15, -0.1) is 0 Å². The quantitative estimate of drug-likeness (QED) is 0.708. The van der Waals surface area contributed by atoms with Crippen LogP contribution in [0.3, 0.4) is 0 Å². The van der Waals surface area contributed by atoms with Crippen molar-refractivity contribution in [2.24, 2.45) is 0 Å². The highest BCUT2D eigenvalue weighted by molar-refractivity contribution is 5.94. The topological polar surface area (TPSA) is 75.7 Å². The highest BCUT2D eigenvalue weighted by Gasteiger charge is 2.15. The summed E-state index contributed by atoms with van der Waals surface area (Å²) in [5, 5.41) is 2.74. The second-order valence-corrected chi connectivity index (χ2v) is 6.09. The van der Waals surface area contributed by atoms with E-state index in [1.165, 1.54) is 24.0 Å². The van der Waals surface area contributed by atoms with Crippen LogP contribution < -0.4 is 10.2 Å². The first-order valence-corrected chi connectivity index (χ1v) is 8.97. The van der Waals surface area contributed by atoms with Gasteiger partial charge in [-0.3, -0.25) is 9.59 Å². The van der Waals surface area contributed by atoms with Crippen molar-refractivity contribution in [1.29, 1.82) is 0 Å². The van der Waals surface area contributed by atoms with Crippen LogP contribution in [0, 0.1) is 5.82 Å². The molecule has 0 bridgehead atoms. The molecule has 0 fully saturated rings. The molecule has 0 atom stereocenters. The minimum atomic E-state index is -0.427. The molecule has 6 nitrogen and oxygen atoms in total. The summed E-state index contributed by atoms with van der Waals surface area (Å²) < 4.78 is 17.8. The van der Waals surface area contributed by atoms with Gasteiger partial charge in [-0.1, -0.05) is 12.1 Å². The fourth-order valence-electron chi connectivity index (χ4n) is 2.56. The number of benzene rings is 2. The Bertz CT molecular complexity index is 819. The molecule has 0 aliphatic heterocycles. The minimum absolute atomic E-state index is 0.112. The zero-order valence-corrected chi connectivity index (χ0v) is 15.9. The van der Waals surface area contributed by atoms with E-state index in [1.54, 1.807) is 43.3 Å². The predicted octanol–water partition coefficient (Wildman–Crippen LogP) is 3.06. The molecule has 0 aliphatic carbocycles. The number of esters is 1. The third kappa shape index (κ3) is 6.19. The van der Waals surface area contributed by atoms with Gasteiger partial charge in [0.15, 0.2) is 0 Å². The standard InChI is InChI=1S/C21H23FN2O4/c1-3-28-21(27)17-6-10-19(11-7-17)24(15(2)25)13-12-20(26)23-14-16-4-8-18(22)9-5-16/h4-11H,3,12-14H2,1-2H3,(H,23,26). The van der Waals surface area contributed by atoms with E-state index in [9.17, 15) is 18.8 Å². The third-order valence-corrected chi connectivity index (χ3v) is 4.04. The number of carbonyl (C=O) groups excluding carboxylic acids is 3. The molecule has 0 saturated carbocycles. The Morgan fingerprint density at radius 2 is 1.68 bits per heavy atom. The van der Waals surface area contributed by atoms with Crippen molar-refractivity contribution in [2.75, 3.05) is 18.1 Å². The van der Waals surface area contributed by atoms with Crippen molar-refractivity contribution >= 4 is 23.5 Å². The summed E-state index contributed by atoms with van der Waals surface area (Å²) >= 11 is 0. The van der Waals surface area contributed by atoms with E-state index in [2.05, 4.69) is 5.32 Å². The summed E-state index contributed by atoms with van der Waals surface area (Å²) in [4.78, 5) is 37.2. The first-order chi connectivity index (χ1) is 13.4. The number of hydrogen-bond donors (Lipinski definition) is 1. The number of nitrogens with zero attached hydrogens (tertiary/aromatic N) is 1. The summed E-state index contributed by atoms with van der Waals surface area (Å²) in [6, 6.07) is 12.3. The smallest absolute Gasteiger partial charge is 0.338 e. The molecular weight excluding hydrogens is 363 g/mol. The molecule has 0 heterocycles. The lowest BCUT2D eigenvalue weighted by Gasteiger charge is -2.21. The molecule has 1 N–H and O–H groups in total. The molecule has 148 valence electrons. The predicted molar refractivity (Wildman–Crippen MR) is 103 cm³/mol. The second-order valence-electron chi connectivity index (χ2n) is 6.09. The third-order valence-electron chi connectivity index (χ3n) is 4.04. The van der Waals surface area contributed by atoms with Crippen LogP contribution in [-0.4, -0.2) is 30.9 Å². The van der Waals surface area contributed by atoms with Crippen LogP contribution in [0.4, 0.5) is 10.1 Å². The van der Waals surface area contributed by atoms with Crippen LogP contribution in [-0.2, 0) is 20.9 Å². The molecule has 0 aromatic heterocycles. The largest absolute Gasteiger partial charge is 0.462 e. The first kappa shape index (κ1) is 21.1. The van der Waals surface area contributed by atoms with Crippen molar-refractivity contribution in [1.82, 2.24) is 5.32 Å². The zero-order chi connectivity index (χ0) is 20.5. The number of nitrogens with one attached hydrogen (secondary N) is 1. The monoisotopic (exact) mass is 386 g/mol. The molecule has 2 amide bonds. The van der Waals surface area contributed by atoms with Crippen LogP contribution in [0.5, 0.6) is 0 Å². The van der Waals surface area contributed by atoms with Crippen molar-refractivity contribution in [2.45, 2.75) is 26.8 Å². The van der Waals surface area contributed by atoms with E-state index < -0.39 is 5.97 Å². The van der Waals surface area contributed by atoms with Crippen molar-refractivity contribution in [3.8, 4) is 0 Å². The van der Waals surface area contributed by atoms with Gasteiger partial charge in [0.05, 0.1) is 12.2 Å². The van der Waals surface area contributed by atoms with Gasteiger partial charge in [-0.25, -0.2) is 9.18 Å². The molecule has 0 radical (unpaired) electrons. The zero-order valence-electron chi connectivity index (χ0n) is 15.9. The van der Waals surface area contributed by atoms with E-state index in [0.717, 1.165) is 5.56 Å². The van der Waals surface area contributed by atoms with Gasteiger partial charge in [-0.05, 0) is 48.9 Å². The van der Waals surface area contributed by atoms with Crippen LogP contribution in [0.25, 0.3) is 0 Å². The van der Waals surface area contributed by atoms with Gasteiger partial charge in [0.25, 0.3) is 0 Å². The van der Waals surface area contributed by atoms with Gasteiger partial charge in [0.1, 0.15) is 5.82 Å². The molecular formula is C21H23FN2O4. The number of carbonyl (C=O) groups is 3. The van der Waals surface area contributed by atoms with E-state index >= 15 is 0 Å². The lowest BCUT2D eigenvalue weighted by atomic mass is 10.2. The van der Waals surface area contributed by atoms with Gasteiger partial charge < -0.3 is 15.0 Å². The molecule has 0 unspecified atom stereocenters. The SMILES string of the molecule is CCOC(=O)c1ccc(N(CCC(=O)NCc2ccc(F)cc2)C(C)=O)cc1. The molecule has 0 aliphatic rings. The summed E-state index contributed by atoms with van der Waals surface area (Å²) in [6.07, 6.45) is 0.112. The first-order valence-electron chi connectivity index (χ1n) is 8.97. The van der Waals surface area contributed by atoms with E-state index in [4.69, 9.17) is 4.74 Å². The molecule has 2 rings (SSSR count). The lowest BCUT2D eigenvalue weighted by Crippen LogP contribution is -2.33. The van der Waals surface area contributed by atoms with Gasteiger partial charge in [0, 0.05) is 32.1 Å². The fraction of sp³-hybridized carbons (Fsp3) is 0.286. The number of halogens is 1. The highest BCUT2D eigenvalue weighted by atomic mass is 19.1. The van der Waals surface area contributed by atoms with Gasteiger partial charge in [-0.2, -0.15) is 0 Å². The molecule has 2 aromatic carbocycles. The van der Waals surface area contributed by atoms with Crippen LogP contribution in [0.1, 0.15) is 36.2 Å². The summed E-state index contributed by atoms with van der Waals surface area (Å²) in [7, 11) is 0. The van der Waals surface area contributed by atoms with Crippen LogP contribution in [0.15, 0.2) is 48.5 Å². The number of hydrogen-bond acceptors (Lipinski definition) is 4. The van der Waals surface area contributed by atoms with E-state index in [0.29, 0.717) is 11.3 Å². The number of ether oxygens (including phenoxy) is 1. The Balaban J connectivity index is 1.91. The number of amides is 2. The minimum Gasteiger partial charge on any atom is -0.462 e. The average molecular weight is 386 g/mol. The van der Waals surface area contributed by atoms with Crippen molar-refractivity contribution in [3.05, 3.63) is 65.5 Å². The van der Waals surface area contributed by atoms with Gasteiger partial charge >= 0.3 is 5.97 Å². The lowest BCUT2D eigenvalue weighted by molar-refractivity contribution is -0.121. The Kier molecular flexibility index (Phi) is 7.68. The summed E-state index contributed by atoms with van der Waals surface area (Å²) in [5.74, 6) is -1.20. The summed E-state index contributed by atoms with van der Waals surface area (Å²) in [5.41, 5.74) is 1.77. The summed E-state index contributed by atoms with van der Waals surface area (Å²) in [6.45, 7) is 3.91.